The number of hydrogen-bond donors (Lipinski definition) is 3. The summed E-state index contributed by atoms with van der Waals surface area (Å²) in [4.78, 5) is 34.7. The number of methoxy groups -OCH3 is 1. The largest absolute Gasteiger partial charge is 0.496 e. The predicted molar refractivity (Wildman–Crippen MR) is 104 cm³/mol. The first-order valence-corrected chi connectivity index (χ1v) is 8.97. The van der Waals surface area contributed by atoms with E-state index in [9.17, 15) is 14.4 Å². The number of carboxylic acids is 1. The van der Waals surface area contributed by atoms with E-state index in [4.69, 9.17) is 9.84 Å². The third kappa shape index (κ3) is 6.75. The highest BCUT2D eigenvalue weighted by molar-refractivity contribution is 5.88. The summed E-state index contributed by atoms with van der Waals surface area (Å²) in [6, 6.07) is 14.0. The average Bonchev–Trinajstić information content (AvgIpc) is 2.68. The van der Waals surface area contributed by atoms with Crippen LogP contribution in [0.2, 0.25) is 0 Å². The van der Waals surface area contributed by atoms with E-state index in [0.717, 1.165) is 11.1 Å². The molecule has 7 heteroatoms. The molecule has 0 aliphatic carbocycles. The zero-order valence-corrected chi connectivity index (χ0v) is 15.7. The molecule has 2 aromatic carbocycles. The van der Waals surface area contributed by atoms with Crippen molar-refractivity contribution in [3.8, 4) is 5.75 Å². The molecule has 2 rings (SSSR count). The lowest BCUT2D eigenvalue weighted by Crippen LogP contribution is -2.32. The smallest absolute Gasteiger partial charge is 0.335 e. The lowest BCUT2D eigenvalue weighted by Gasteiger charge is -2.10. The molecule has 148 valence electrons. The molecule has 0 radical (unpaired) electrons. The number of hydrogen-bond acceptors (Lipinski definition) is 4. The minimum absolute atomic E-state index is 0.123. The molecule has 3 N–H and O–H groups in total. The van der Waals surface area contributed by atoms with Crippen molar-refractivity contribution >= 4 is 17.8 Å². The Morgan fingerprint density at radius 1 is 0.964 bits per heavy atom. The van der Waals surface area contributed by atoms with Crippen molar-refractivity contribution in [2.45, 2.75) is 19.3 Å². The monoisotopic (exact) mass is 384 g/mol. The summed E-state index contributed by atoms with van der Waals surface area (Å²) in [5, 5.41) is 14.5. The maximum atomic E-state index is 11.9. The lowest BCUT2D eigenvalue weighted by molar-refractivity contribution is -0.122. The number of amides is 2. The minimum Gasteiger partial charge on any atom is -0.496 e. The molecule has 0 heterocycles. The molecular weight excluding hydrogens is 360 g/mol. The fraction of sp³-hybridized carbons (Fsp3) is 0.286. The predicted octanol–water partition coefficient (Wildman–Crippen LogP) is 1.80. The Hall–Kier alpha value is -3.35. The second kappa shape index (κ2) is 10.7. The third-order valence-corrected chi connectivity index (χ3v) is 4.13. The van der Waals surface area contributed by atoms with E-state index in [1.807, 2.05) is 30.3 Å². The van der Waals surface area contributed by atoms with Crippen molar-refractivity contribution in [1.82, 2.24) is 10.6 Å². The van der Waals surface area contributed by atoms with Gasteiger partial charge in [0.1, 0.15) is 5.75 Å². The summed E-state index contributed by atoms with van der Waals surface area (Å²) in [5.74, 6) is -0.835. The summed E-state index contributed by atoms with van der Waals surface area (Å²) in [5.41, 5.74) is 1.88. The molecule has 0 atom stereocenters. The highest BCUT2D eigenvalue weighted by Gasteiger charge is 2.10. The Balaban J connectivity index is 1.68. The fourth-order valence-corrected chi connectivity index (χ4v) is 2.67. The van der Waals surface area contributed by atoms with Crippen LogP contribution in [0, 0.1) is 0 Å². The molecule has 0 saturated carbocycles. The van der Waals surface area contributed by atoms with Gasteiger partial charge in [0.2, 0.25) is 11.8 Å². The fourth-order valence-electron chi connectivity index (χ4n) is 2.67. The number of ether oxygens (including phenoxy) is 1. The van der Waals surface area contributed by atoms with Crippen LogP contribution < -0.4 is 15.4 Å². The molecule has 0 spiro atoms. The topological polar surface area (TPSA) is 105 Å². The standard InChI is InChI=1S/C21H24N2O5/c1-28-18-14-17(21(26)27)8-7-16(18)9-11-22-19(24)10-12-23-20(25)13-15-5-3-2-4-6-15/h2-8,14H,9-13H2,1H3,(H,22,24)(H,23,25)(H,26,27). The Morgan fingerprint density at radius 3 is 2.36 bits per heavy atom. The Kier molecular flexibility index (Phi) is 8.02. The van der Waals surface area contributed by atoms with Crippen LogP contribution in [0.25, 0.3) is 0 Å². The van der Waals surface area contributed by atoms with Crippen LogP contribution in [0.3, 0.4) is 0 Å². The van der Waals surface area contributed by atoms with Crippen LogP contribution >= 0.6 is 0 Å². The molecule has 7 nitrogen and oxygen atoms in total. The Morgan fingerprint density at radius 2 is 1.68 bits per heavy atom. The highest BCUT2D eigenvalue weighted by atomic mass is 16.5. The van der Waals surface area contributed by atoms with Gasteiger partial charge in [0.25, 0.3) is 0 Å². The number of nitrogens with one attached hydrogen (secondary N) is 2. The van der Waals surface area contributed by atoms with Crippen molar-refractivity contribution < 1.29 is 24.2 Å². The number of benzene rings is 2. The number of carbonyl (C=O) groups is 3. The van der Waals surface area contributed by atoms with Gasteiger partial charge in [-0.3, -0.25) is 9.59 Å². The number of rotatable bonds is 10. The van der Waals surface area contributed by atoms with E-state index in [1.165, 1.54) is 19.2 Å². The van der Waals surface area contributed by atoms with Crippen molar-refractivity contribution in [1.29, 1.82) is 0 Å². The third-order valence-electron chi connectivity index (χ3n) is 4.13. The van der Waals surface area contributed by atoms with E-state index >= 15 is 0 Å². The van der Waals surface area contributed by atoms with Gasteiger partial charge in [-0.05, 0) is 29.7 Å². The Bertz CT molecular complexity index is 821. The van der Waals surface area contributed by atoms with Gasteiger partial charge < -0.3 is 20.5 Å². The van der Waals surface area contributed by atoms with Crippen LogP contribution in [0.1, 0.15) is 27.9 Å². The van der Waals surface area contributed by atoms with E-state index in [2.05, 4.69) is 10.6 Å². The molecule has 0 saturated heterocycles. The zero-order valence-electron chi connectivity index (χ0n) is 15.7. The summed E-state index contributed by atoms with van der Waals surface area (Å²) in [6.45, 7) is 0.660. The van der Waals surface area contributed by atoms with E-state index < -0.39 is 5.97 Å². The summed E-state index contributed by atoms with van der Waals surface area (Å²) < 4.78 is 5.21. The number of carbonyl (C=O) groups excluding carboxylic acids is 2. The maximum Gasteiger partial charge on any atom is 0.335 e. The summed E-state index contributed by atoms with van der Waals surface area (Å²) in [6.07, 6.45) is 0.986. The van der Waals surface area contributed by atoms with Crippen LogP contribution in [-0.2, 0) is 22.4 Å². The van der Waals surface area contributed by atoms with Crippen molar-refractivity contribution in [2.75, 3.05) is 20.2 Å². The van der Waals surface area contributed by atoms with E-state index in [-0.39, 0.29) is 36.8 Å². The zero-order chi connectivity index (χ0) is 20.4. The minimum atomic E-state index is -1.02. The molecule has 28 heavy (non-hydrogen) atoms. The molecule has 2 aromatic rings. The van der Waals surface area contributed by atoms with Gasteiger partial charge in [0.05, 0.1) is 19.1 Å². The van der Waals surface area contributed by atoms with Gasteiger partial charge in [-0.1, -0.05) is 36.4 Å². The first-order chi connectivity index (χ1) is 13.5. The van der Waals surface area contributed by atoms with Gasteiger partial charge in [-0.2, -0.15) is 0 Å². The molecule has 0 bridgehead atoms. The van der Waals surface area contributed by atoms with Crippen molar-refractivity contribution in [3.63, 3.8) is 0 Å². The normalized spacial score (nSPS) is 10.2. The molecular formula is C21H24N2O5. The van der Waals surface area contributed by atoms with Crippen LogP contribution in [0.4, 0.5) is 0 Å². The first kappa shape index (κ1) is 21.0. The summed E-state index contributed by atoms with van der Waals surface area (Å²) >= 11 is 0. The molecule has 0 unspecified atom stereocenters. The highest BCUT2D eigenvalue weighted by Crippen LogP contribution is 2.20. The number of aromatic carboxylic acids is 1. The molecule has 0 aliphatic rings. The molecule has 0 fully saturated rings. The number of carboxylic acid groups (broad SMARTS) is 1. The quantitative estimate of drug-likeness (QED) is 0.579. The van der Waals surface area contributed by atoms with Gasteiger partial charge >= 0.3 is 5.97 Å². The van der Waals surface area contributed by atoms with Crippen LogP contribution in [0.5, 0.6) is 5.75 Å². The molecule has 2 amide bonds. The Labute approximate surface area is 163 Å². The van der Waals surface area contributed by atoms with Crippen molar-refractivity contribution in [2.24, 2.45) is 0 Å². The molecule has 0 aromatic heterocycles. The molecule has 0 aliphatic heterocycles. The van der Waals surface area contributed by atoms with Gasteiger partial charge in [0.15, 0.2) is 0 Å². The van der Waals surface area contributed by atoms with Gasteiger partial charge in [-0.25, -0.2) is 4.79 Å². The van der Waals surface area contributed by atoms with E-state index in [1.54, 1.807) is 6.07 Å². The average molecular weight is 384 g/mol. The summed E-state index contributed by atoms with van der Waals surface area (Å²) in [7, 11) is 1.47. The SMILES string of the molecule is COc1cc(C(=O)O)ccc1CCNC(=O)CCNC(=O)Cc1ccccc1. The second-order valence-electron chi connectivity index (χ2n) is 6.19. The first-order valence-electron chi connectivity index (χ1n) is 8.97. The second-order valence-corrected chi connectivity index (χ2v) is 6.19. The van der Waals surface area contributed by atoms with Crippen molar-refractivity contribution in [3.05, 3.63) is 65.2 Å². The van der Waals surface area contributed by atoms with Crippen LogP contribution in [0.15, 0.2) is 48.5 Å². The van der Waals surface area contributed by atoms with E-state index in [0.29, 0.717) is 18.7 Å². The van der Waals surface area contributed by atoms with Gasteiger partial charge in [-0.15, -0.1) is 0 Å². The van der Waals surface area contributed by atoms with Gasteiger partial charge in [0, 0.05) is 19.5 Å². The maximum absolute atomic E-state index is 11.9. The van der Waals surface area contributed by atoms with Crippen LogP contribution in [-0.4, -0.2) is 43.1 Å². The lowest BCUT2D eigenvalue weighted by atomic mass is 10.1.